The number of nitrogens with one attached hydrogen (secondary N) is 1. The number of rotatable bonds is 7. The zero-order chi connectivity index (χ0) is 12.7. The van der Waals surface area contributed by atoms with Gasteiger partial charge in [-0.2, -0.15) is 0 Å². The van der Waals surface area contributed by atoms with E-state index >= 15 is 0 Å². The fourth-order valence-corrected chi connectivity index (χ4v) is 1.80. The third-order valence-corrected chi connectivity index (χ3v) is 2.86. The predicted molar refractivity (Wildman–Crippen MR) is 67.5 cm³/mol. The van der Waals surface area contributed by atoms with Gasteiger partial charge in [-0.25, -0.2) is 4.39 Å². The second-order valence-electron chi connectivity index (χ2n) is 3.82. The van der Waals surface area contributed by atoms with E-state index in [0.717, 1.165) is 12.8 Å². The van der Waals surface area contributed by atoms with Gasteiger partial charge in [-0.1, -0.05) is 23.7 Å². The van der Waals surface area contributed by atoms with Crippen LogP contribution >= 0.6 is 11.6 Å². The fourth-order valence-electron chi connectivity index (χ4n) is 1.62. The molecule has 0 radical (unpaired) electrons. The highest BCUT2D eigenvalue weighted by atomic mass is 35.5. The summed E-state index contributed by atoms with van der Waals surface area (Å²) in [5.41, 5.74) is 6.11. The Morgan fingerprint density at radius 2 is 2.18 bits per heavy atom. The average molecular weight is 261 g/mol. The number of halogens is 2. The molecule has 1 aromatic rings. The molecule has 0 bridgehead atoms. The van der Waals surface area contributed by atoms with E-state index in [4.69, 9.17) is 22.4 Å². The van der Waals surface area contributed by atoms with Crippen molar-refractivity contribution < 1.29 is 9.50 Å². The number of benzene rings is 1. The molecule has 0 amide bonds. The van der Waals surface area contributed by atoms with Crippen LogP contribution < -0.4 is 11.1 Å². The molecular weight excluding hydrogens is 243 g/mol. The summed E-state index contributed by atoms with van der Waals surface area (Å²) >= 11 is 5.72. The molecule has 0 aliphatic heterocycles. The highest BCUT2D eigenvalue weighted by Crippen LogP contribution is 2.22. The largest absolute Gasteiger partial charge is 0.396 e. The number of nitrogens with two attached hydrogens (primary N) is 1. The minimum absolute atomic E-state index is 0.109. The summed E-state index contributed by atoms with van der Waals surface area (Å²) in [6.07, 6.45) is 1.55. The van der Waals surface area contributed by atoms with Crippen molar-refractivity contribution in [3.8, 4) is 0 Å². The smallest absolute Gasteiger partial charge is 0.146 e. The van der Waals surface area contributed by atoms with Gasteiger partial charge in [-0.3, -0.25) is 0 Å². The molecule has 0 spiro atoms. The third-order valence-electron chi connectivity index (χ3n) is 2.57. The molecule has 17 heavy (non-hydrogen) atoms. The molecule has 4 N–H and O–H groups in total. The standard InChI is InChI=1S/C12H18ClFN2O/c13-10-5-3-4-9(12(10)14)11(8-15)16-6-1-2-7-17/h3-5,11,16-17H,1-2,6-8,15H2. The monoisotopic (exact) mass is 260 g/mol. The molecule has 0 aliphatic carbocycles. The van der Waals surface area contributed by atoms with Gasteiger partial charge in [-0.15, -0.1) is 0 Å². The molecule has 1 atom stereocenters. The van der Waals surface area contributed by atoms with Gasteiger partial charge in [0.2, 0.25) is 0 Å². The van der Waals surface area contributed by atoms with Gasteiger partial charge in [0, 0.05) is 24.8 Å². The predicted octanol–water partition coefficient (Wildman–Crippen LogP) is 1.84. The zero-order valence-electron chi connectivity index (χ0n) is 9.63. The number of hydrogen-bond donors (Lipinski definition) is 3. The summed E-state index contributed by atoms with van der Waals surface area (Å²) in [5.74, 6) is -0.417. The highest BCUT2D eigenvalue weighted by Gasteiger charge is 2.15. The molecule has 0 aromatic heterocycles. The molecule has 1 unspecified atom stereocenters. The van der Waals surface area contributed by atoms with E-state index in [1.807, 2.05) is 0 Å². The first-order valence-corrected chi connectivity index (χ1v) is 6.06. The maximum Gasteiger partial charge on any atom is 0.146 e. The zero-order valence-corrected chi connectivity index (χ0v) is 10.4. The normalized spacial score (nSPS) is 12.7. The topological polar surface area (TPSA) is 58.3 Å². The average Bonchev–Trinajstić information content (AvgIpc) is 2.34. The van der Waals surface area contributed by atoms with E-state index in [0.29, 0.717) is 18.7 Å². The molecule has 5 heteroatoms. The van der Waals surface area contributed by atoms with Crippen LogP contribution in [0.2, 0.25) is 5.02 Å². The number of aliphatic hydroxyl groups is 1. The van der Waals surface area contributed by atoms with Crippen LogP contribution in [0.15, 0.2) is 18.2 Å². The first kappa shape index (κ1) is 14.4. The Labute approximate surface area is 106 Å². The summed E-state index contributed by atoms with van der Waals surface area (Å²) in [6.45, 7) is 1.16. The van der Waals surface area contributed by atoms with Gasteiger partial charge >= 0.3 is 0 Å². The van der Waals surface area contributed by atoms with E-state index in [1.54, 1.807) is 12.1 Å². The Morgan fingerprint density at radius 3 is 2.82 bits per heavy atom. The maximum absolute atomic E-state index is 13.7. The lowest BCUT2D eigenvalue weighted by atomic mass is 10.1. The maximum atomic E-state index is 13.7. The quantitative estimate of drug-likeness (QED) is 0.656. The SMILES string of the molecule is NCC(NCCCCO)c1cccc(Cl)c1F. The number of aliphatic hydroxyl groups excluding tert-OH is 1. The van der Waals surface area contributed by atoms with Crippen molar-refractivity contribution in [2.45, 2.75) is 18.9 Å². The summed E-state index contributed by atoms with van der Waals surface area (Å²) in [4.78, 5) is 0. The van der Waals surface area contributed by atoms with Crippen molar-refractivity contribution in [2.24, 2.45) is 5.73 Å². The lowest BCUT2D eigenvalue weighted by Gasteiger charge is -2.18. The molecule has 0 saturated heterocycles. The van der Waals surface area contributed by atoms with Crippen LogP contribution in [0, 0.1) is 5.82 Å². The third kappa shape index (κ3) is 4.24. The Kier molecular flexibility index (Phi) is 6.44. The van der Waals surface area contributed by atoms with Crippen LogP contribution in [-0.4, -0.2) is 24.8 Å². The van der Waals surface area contributed by atoms with E-state index in [9.17, 15) is 4.39 Å². The van der Waals surface area contributed by atoms with Gasteiger partial charge < -0.3 is 16.2 Å². The van der Waals surface area contributed by atoms with E-state index in [2.05, 4.69) is 5.32 Å². The van der Waals surface area contributed by atoms with Crippen molar-refractivity contribution in [3.63, 3.8) is 0 Å². The lowest BCUT2D eigenvalue weighted by molar-refractivity contribution is 0.282. The van der Waals surface area contributed by atoms with Gasteiger partial charge in [0.15, 0.2) is 0 Å². The lowest BCUT2D eigenvalue weighted by Crippen LogP contribution is -2.29. The minimum Gasteiger partial charge on any atom is -0.396 e. The van der Waals surface area contributed by atoms with Gasteiger partial charge in [-0.05, 0) is 25.5 Å². The second kappa shape index (κ2) is 7.61. The Hall–Kier alpha value is -0.680. The fraction of sp³-hybridized carbons (Fsp3) is 0.500. The first-order chi connectivity index (χ1) is 8.20. The van der Waals surface area contributed by atoms with E-state index in [1.165, 1.54) is 6.07 Å². The van der Waals surface area contributed by atoms with Crippen molar-refractivity contribution in [2.75, 3.05) is 19.7 Å². The second-order valence-corrected chi connectivity index (χ2v) is 4.22. The summed E-state index contributed by atoms with van der Waals surface area (Å²) < 4.78 is 13.7. The van der Waals surface area contributed by atoms with Crippen LogP contribution in [0.25, 0.3) is 0 Å². The molecule has 0 heterocycles. The number of hydrogen-bond acceptors (Lipinski definition) is 3. The van der Waals surface area contributed by atoms with Crippen LogP contribution in [-0.2, 0) is 0 Å². The summed E-state index contributed by atoms with van der Waals surface area (Å²) in [7, 11) is 0. The summed E-state index contributed by atoms with van der Waals surface area (Å²) in [5, 5.41) is 11.9. The molecule has 1 rings (SSSR count). The molecule has 0 aliphatic rings. The van der Waals surface area contributed by atoms with Gasteiger partial charge in [0.05, 0.1) is 5.02 Å². The van der Waals surface area contributed by atoms with Crippen LogP contribution in [0.4, 0.5) is 4.39 Å². The van der Waals surface area contributed by atoms with Crippen molar-refractivity contribution in [1.29, 1.82) is 0 Å². The van der Waals surface area contributed by atoms with E-state index < -0.39 is 5.82 Å². The van der Waals surface area contributed by atoms with Gasteiger partial charge in [0.1, 0.15) is 5.82 Å². The van der Waals surface area contributed by atoms with Crippen molar-refractivity contribution in [3.05, 3.63) is 34.6 Å². The van der Waals surface area contributed by atoms with Crippen LogP contribution in [0.5, 0.6) is 0 Å². The van der Waals surface area contributed by atoms with E-state index in [-0.39, 0.29) is 17.7 Å². The molecule has 3 nitrogen and oxygen atoms in total. The molecule has 0 saturated carbocycles. The van der Waals surface area contributed by atoms with Crippen LogP contribution in [0.1, 0.15) is 24.4 Å². The Balaban J connectivity index is 2.63. The molecule has 1 aromatic carbocycles. The van der Waals surface area contributed by atoms with Crippen molar-refractivity contribution >= 4 is 11.6 Å². The molecule has 0 fully saturated rings. The van der Waals surface area contributed by atoms with Crippen LogP contribution in [0.3, 0.4) is 0 Å². The van der Waals surface area contributed by atoms with Crippen molar-refractivity contribution in [1.82, 2.24) is 5.32 Å². The number of unbranched alkanes of at least 4 members (excludes halogenated alkanes) is 1. The van der Waals surface area contributed by atoms with Gasteiger partial charge in [0.25, 0.3) is 0 Å². The highest BCUT2D eigenvalue weighted by molar-refractivity contribution is 6.30. The minimum atomic E-state index is -0.417. The molecular formula is C12H18ClFN2O. The molecule has 96 valence electrons. The first-order valence-electron chi connectivity index (χ1n) is 5.69. The Bertz CT molecular complexity index is 349. The summed E-state index contributed by atoms with van der Waals surface area (Å²) in [6, 6.07) is 4.66. The Morgan fingerprint density at radius 1 is 1.41 bits per heavy atom.